The zero-order valence-corrected chi connectivity index (χ0v) is 19.5. The molecule has 168 valence electrons. The second-order valence-electron chi connectivity index (χ2n) is 6.89. The molecule has 1 unspecified atom stereocenters. The maximum Gasteiger partial charge on any atom is 0.407 e. The third-order valence-electron chi connectivity index (χ3n) is 4.36. The van der Waals surface area contributed by atoms with Gasteiger partial charge in [-0.05, 0) is 36.8 Å². The minimum Gasteiger partial charge on any atom is -0.445 e. The first kappa shape index (κ1) is 25.5. The van der Waals surface area contributed by atoms with E-state index < -0.39 is 34.3 Å². The lowest BCUT2D eigenvalue weighted by Crippen LogP contribution is -2.44. The number of rotatable bonds is 6. The van der Waals surface area contributed by atoms with Crippen LogP contribution in [0.2, 0.25) is 0 Å². The maximum atomic E-state index is 13.2. The van der Waals surface area contributed by atoms with Crippen molar-refractivity contribution in [3.8, 4) is 6.07 Å². The smallest absolute Gasteiger partial charge is 0.407 e. The van der Waals surface area contributed by atoms with Gasteiger partial charge in [-0.15, -0.1) is 0 Å². The van der Waals surface area contributed by atoms with E-state index in [1.165, 1.54) is 31.2 Å². The van der Waals surface area contributed by atoms with Gasteiger partial charge in [0.05, 0.1) is 17.7 Å². The van der Waals surface area contributed by atoms with Gasteiger partial charge in [-0.1, -0.05) is 64.6 Å². The molecule has 0 bridgehead atoms. The third kappa shape index (κ3) is 7.41. The molecule has 0 saturated heterocycles. The fourth-order valence-corrected chi connectivity index (χ4v) is 3.11. The highest BCUT2D eigenvalue weighted by molar-refractivity contribution is 6.67. The van der Waals surface area contributed by atoms with Gasteiger partial charge in [0.25, 0.3) is 5.91 Å². The summed E-state index contributed by atoms with van der Waals surface area (Å²) in [5, 5.41) is 11.5. The Bertz CT molecular complexity index is 1030. The van der Waals surface area contributed by atoms with E-state index in [-0.39, 0.29) is 12.1 Å². The number of carbonyl (C=O) groups is 3. The van der Waals surface area contributed by atoms with Crippen molar-refractivity contribution < 1.29 is 19.1 Å². The molecule has 0 radical (unpaired) electrons. The Hall–Kier alpha value is -2.79. The van der Waals surface area contributed by atoms with Crippen LogP contribution in [-0.2, 0) is 9.53 Å². The van der Waals surface area contributed by atoms with Gasteiger partial charge in [0, 0.05) is 19.0 Å². The largest absolute Gasteiger partial charge is 0.445 e. The van der Waals surface area contributed by atoms with E-state index in [1.54, 1.807) is 18.2 Å². The molecule has 0 saturated carbocycles. The molecule has 10 heteroatoms. The van der Waals surface area contributed by atoms with Gasteiger partial charge in [0.15, 0.2) is 0 Å². The van der Waals surface area contributed by atoms with E-state index >= 15 is 0 Å². The Balaban J connectivity index is 2.34. The van der Waals surface area contributed by atoms with Crippen LogP contribution in [0.4, 0.5) is 4.79 Å². The number of nitrogens with zero attached hydrogens (tertiary/aromatic N) is 2. The summed E-state index contributed by atoms with van der Waals surface area (Å²) in [4.78, 5) is 38.9. The van der Waals surface area contributed by atoms with Crippen molar-refractivity contribution in [3.63, 3.8) is 0 Å². The number of hydrogen-bond donors (Lipinski definition) is 1. The fourth-order valence-electron chi connectivity index (χ4n) is 2.94. The van der Waals surface area contributed by atoms with Crippen LogP contribution in [0.15, 0.2) is 48.5 Å². The van der Waals surface area contributed by atoms with Crippen LogP contribution >= 0.6 is 34.8 Å². The van der Waals surface area contributed by atoms with Crippen LogP contribution in [0.3, 0.4) is 0 Å². The highest BCUT2D eigenvalue weighted by Gasteiger charge is 2.31. The highest BCUT2D eigenvalue weighted by atomic mass is 35.6. The Morgan fingerprint density at radius 2 is 1.81 bits per heavy atom. The number of amides is 3. The van der Waals surface area contributed by atoms with Crippen molar-refractivity contribution in [2.45, 2.75) is 23.7 Å². The summed E-state index contributed by atoms with van der Waals surface area (Å²) in [6, 6.07) is 14.2. The van der Waals surface area contributed by atoms with Gasteiger partial charge in [0.2, 0.25) is 9.70 Å². The summed E-state index contributed by atoms with van der Waals surface area (Å²) in [7, 11) is 0. The van der Waals surface area contributed by atoms with E-state index in [9.17, 15) is 14.4 Å². The summed E-state index contributed by atoms with van der Waals surface area (Å²) in [5.41, 5.74) is 2.13. The zero-order chi connectivity index (χ0) is 23.9. The molecule has 0 aliphatic rings. The summed E-state index contributed by atoms with van der Waals surface area (Å²) < 4.78 is 3.09. The standard InChI is InChI=1S/C22H20Cl3N3O4/c1-14-4-3-5-18(10-14)19(12-27-21(31)32-13-22(23,24)25)28(15(2)29)20(30)17-8-6-16(11-26)7-9-17/h3-10,19H,12-13H2,1-2H3,(H,27,31). The minimum absolute atomic E-state index is 0.135. The van der Waals surface area contributed by atoms with Crippen molar-refractivity contribution >= 4 is 52.7 Å². The van der Waals surface area contributed by atoms with Gasteiger partial charge in [0.1, 0.15) is 6.61 Å². The lowest BCUT2D eigenvalue weighted by Gasteiger charge is -2.30. The third-order valence-corrected chi connectivity index (χ3v) is 4.69. The molecule has 2 rings (SSSR count). The average Bonchev–Trinajstić information content (AvgIpc) is 2.74. The number of halogens is 3. The molecule has 0 fully saturated rings. The molecule has 0 heterocycles. The number of ether oxygens (including phenoxy) is 1. The van der Waals surface area contributed by atoms with E-state index in [0.29, 0.717) is 11.1 Å². The molecule has 0 aliphatic heterocycles. The Labute approximate surface area is 200 Å². The van der Waals surface area contributed by atoms with Gasteiger partial charge in [-0.2, -0.15) is 5.26 Å². The van der Waals surface area contributed by atoms with E-state index in [2.05, 4.69) is 5.32 Å². The number of alkyl halides is 3. The minimum atomic E-state index is -1.77. The topological polar surface area (TPSA) is 99.5 Å². The Morgan fingerprint density at radius 3 is 2.34 bits per heavy atom. The fraction of sp³-hybridized carbons (Fsp3) is 0.273. The number of imide groups is 1. The number of nitrogens with one attached hydrogen (secondary N) is 1. The van der Waals surface area contributed by atoms with Gasteiger partial charge >= 0.3 is 6.09 Å². The van der Waals surface area contributed by atoms with Crippen LogP contribution in [0.1, 0.15) is 40.0 Å². The molecule has 1 N–H and O–H groups in total. The van der Waals surface area contributed by atoms with Crippen molar-refractivity contribution in [1.82, 2.24) is 10.2 Å². The van der Waals surface area contributed by atoms with Crippen LogP contribution in [0, 0.1) is 18.3 Å². The lowest BCUT2D eigenvalue weighted by atomic mass is 10.0. The zero-order valence-electron chi connectivity index (χ0n) is 17.3. The molecular weight excluding hydrogens is 477 g/mol. The Morgan fingerprint density at radius 1 is 1.16 bits per heavy atom. The van der Waals surface area contributed by atoms with E-state index in [1.807, 2.05) is 19.1 Å². The monoisotopic (exact) mass is 495 g/mol. The van der Waals surface area contributed by atoms with Gasteiger partial charge < -0.3 is 10.1 Å². The summed E-state index contributed by atoms with van der Waals surface area (Å²) in [6.45, 7) is 2.51. The maximum absolute atomic E-state index is 13.2. The van der Waals surface area contributed by atoms with Crippen LogP contribution < -0.4 is 5.32 Å². The molecule has 32 heavy (non-hydrogen) atoms. The van der Waals surface area contributed by atoms with Crippen molar-refractivity contribution in [3.05, 3.63) is 70.8 Å². The molecule has 0 spiro atoms. The molecular formula is C22H20Cl3N3O4. The average molecular weight is 497 g/mol. The van der Waals surface area contributed by atoms with Crippen LogP contribution in [0.5, 0.6) is 0 Å². The highest BCUT2D eigenvalue weighted by Crippen LogP contribution is 2.26. The van der Waals surface area contributed by atoms with Crippen molar-refractivity contribution in [1.29, 1.82) is 5.26 Å². The molecule has 0 aromatic heterocycles. The number of benzene rings is 2. The van der Waals surface area contributed by atoms with Gasteiger partial charge in [-0.25, -0.2) is 4.79 Å². The molecule has 2 aromatic carbocycles. The molecule has 7 nitrogen and oxygen atoms in total. The number of alkyl carbamates (subject to hydrolysis) is 1. The van der Waals surface area contributed by atoms with Crippen molar-refractivity contribution in [2.24, 2.45) is 0 Å². The SMILES string of the molecule is CC(=O)N(C(=O)c1ccc(C#N)cc1)C(CNC(=O)OCC(Cl)(Cl)Cl)c1cccc(C)c1. The number of nitriles is 1. The second-order valence-corrected chi connectivity index (χ2v) is 9.40. The summed E-state index contributed by atoms with van der Waals surface area (Å²) in [5.74, 6) is -1.10. The first-order valence-corrected chi connectivity index (χ1v) is 10.5. The van der Waals surface area contributed by atoms with Crippen molar-refractivity contribution in [2.75, 3.05) is 13.2 Å². The normalized spacial score (nSPS) is 11.8. The first-order valence-electron chi connectivity index (χ1n) is 9.40. The first-order chi connectivity index (χ1) is 15.0. The predicted octanol–water partition coefficient (Wildman–Crippen LogP) is 4.69. The van der Waals surface area contributed by atoms with Crippen LogP contribution in [-0.4, -0.2) is 39.8 Å². The van der Waals surface area contributed by atoms with E-state index in [4.69, 9.17) is 44.8 Å². The quantitative estimate of drug-likeness (QED) is 0.585. The summed E-state index contributed by atoms with van der Waals surface area (Å²) >= 11 is 16.8. The molecule has 2 aromatic rings. The number of carbonyl (C=O) groups excluding carboxylic acids is 3. The van der Waals surface area contributed by atoms with Crippen LogP contribution in [0.25, 0.3) is 0 Å². The molecule has 3 amide bonds. The number of hydrogen-bond acceptors (Lipinski definition) is 5. The molecule has 0 aliphatic carbocycles. The predicted molar refractivity (Wildman–Crippen MR) is 122 cm³/mol. The second kappa shape index (κ2) is 11.2. The number of aryl methyl sites for hydroxylation is 1. The summed E-state index contributed by atoms with van der Waals surface area (Å²) in [6.07, 6.45) is -0.872. The van der Waals surface area contributed by atoms with Gasteiger partial charge in [-0.3, -0.25) is 14.5 Å². The van der Waals surface area contributed by atoms with E-state index in [0.717, 1.165) is 10.5 Å². The molecule has 1 atom stereocenters. The lowest BCUT2D eigenvalue weighted by molar-refractivity contribution is -0.128. The Kier molecular flexibility index (Phi) is 8.90.